The SMILES string of the molecule is O[C@@H]1c2ccccc2OC[C@@H]1[C@@H]1COc2ccccc2[C@@H]1O. The van der Waals surface area contributed by atoms with Gasteiger partial charge in [0, 0.05) is 23.0 Å². The fraction of sp³-hybridized carbons (Fsp3) is 0.333. The summed E-state index contributed by atoms with van der Waals surface area (Å²) in [6, 6.07) is 15.0. The molecular formula is C18H18O4. The third-order valence-electron chi connectivity index (χ3n) is 4.70. The van der Waals surface area contributed by atoms with E-state index in [0.717, 1.165) is 22.6 Å². The number of aliphatic hydroxyl groups excluding tert-OH is 2. The van der Waals surface area contributed by atoms with Gasteiger partial charge in [-0.25, -0.2) is 0 Å². The maximum absolute atomic E-state index is 10.7. The maximum atomic E-state index is 10.7. The molecule has 4 atom stereocenters. The third kappa shape index (κ3) is 2.07. The van der Waals surface area contributed by atoms with Gasteiger partial charge in [0.1, 0.15) is 11.5 Å². The highest BCUT2D eigenvalue weighted by atomic mass is 16.5. The monoisotopic (exact) mass is 298 g/mol. The molecule has 0 radical (unpaired) electrons. The summed E-state index contributed by atoms with van der Waals surface area (Å²) >= 11 is 0. The first-order valence-electron chi connectivity index (χ1n) is 7.55. The Hall–Kier alpha value is -2.04. The normalized spacial score (nSPS) is 29.7. The fourth-order valence-electron chi connectivity index (χ4n) is 3.44. The molecular weight excluding hydrogens is 280 g/mol. The van der Waals surface area contributed by atoms with E-state index in [-0.39, 0.29) is 11.8 Å². The largest absolute Gasteiger partial charge is 0.493 e. The van der Waals surface area contributed by atoms with E-state index in [1.54, 1.807) is 0 Å². The van der Waals surface area contributed by atoms with E-state index in [1.165, 1.54) is 0 Å². The molecule has 2 heterocycles. The molecule has 0 unspecified atom stereocenters. The summed E-state index contributed by atoms with van der Waals surface area (Å²) < 4.78 is 11.5. The molecule has 0 amide bonds. The number of hydrogen-bond acceptors (Lipinski definition) is 4. The van der Waals surface area contributed by atoms with E-state index in [0.29, 0.717) is 13.2 Å². The molecule has 2 aromatic carbocycles. The van der Waals surface area contributed by atoms with Gasteiger partial charge in [-0.3, -0.25) is 0 Å². The van der Waals surface area contributed by atoms with Gasteiger partial charge in [0.2, 0.25) is 0 Å². The van der Waals surface area contributed by atoms with Crippen molar-refractivity contribution < 1.29 is 19.7 Å². The van der Waals surface area contributed by atoms with E-state index < -0.39 is 12.2 Å². The van der Waals surface area contributed by atoms with Crippen LogP contribution in [0.5, 0.6) is 11.5 Å². The van der Waals surface area contributed by atoms with Crippen molar-refractivity contribution in [1.29, 1.82) is 0 Å². The van der Waals surface area contributed by atoms with Crippen LogP contribution in [-0.2, 0) is 0 Å². The molecule has 4 nitrogen and oxygen atoms in total. The Morgan fingerprint density at radius 1 is 0.682 bits per heavy atom. The third-order valence-corrected chi connectivity index (χ3v) is 4.70. The summed E-state index contributed by atoms with van der Waals surface area (Å²) in [4.78, 5) is 0. The Bertz CT molecular complexity index is 625. The minimum atomic E-state index is -0.654. The van der Waals surface area contributed by atoms with Gasteiger partial charge in [0.15, 0.2) is 0 Å². The van der Waals surface area contributed by atoms with Crippen LogP contribution < -0.4 is 9.47 Å². The fourth-order valence-corrected chi connectivity index (χ4v) is 3.44. The molecule has 0 saturated carbocycles. The first-order chi connectivity index (χ1) is 10.8. The summed E-state index contributed by atoms with van der Waals surface area (Å²) in [5.74, 6) is 1.05. The zero-order valence-corrected chi connectivity index (χ0v) is 12.1. The quantitative estimate of drug-likeness (QED) is 0.849. The standard InChI is InChI=1S/C18H18O4/c19-17-11-5-1-3-7-15(11)21-9-13(17)14-10-22-16-8-4-2-6-12(16)18(14)20/h1-8,13-14,17-20H,9-10H2/t13-,14+,17-,18+. The number of rotatable bonds is 1. The van der Waals surface area contributed by atoms with E-state index in [9.17, 15) is 10.2 Å². The molecule has 0 aliphatic carbocycles. The Morgan fingerprint density at radius 3 is 1.55 bits per heavy atom. The summed E-state index contributed by atoms with van der Waals surface area (Å²) in [5, 5.41) is 21.4. The van der Waals surface area contributed by atoms with E-state index >= 15 is 0 Å². The van der Waals surface area contributed by atoms with Crippen LogP contribution in [0.15, 0.2) is 48.5 Å². The molecule has 2 aliphatic heterocycles. The van der Waals surface area contributed by atoms with Gasteiger partial charge in [0.05, 0.1) is 25.4 Å². The molecule has 0 aromatic heterocycles. The lowest BCUT2D eigenvalue weighted by molar-refractivity contribution is -0.0551. The van der Waals surface area contributed by atoms with Crippen LogP contribution in [-0.4, -0.2) is 23.4 Å². The number of benzene rings is 2. The zero-order valence-electron chi connectivity index (χ0n) is 12.1. The molecule has 22 heavy (non-hydrogen) atoms. The van der Waals surface area contributed by atoms with Crippen molar-refractivity contribution in [2.45, 2.75) is 12.2 Å². The lowest BCUT2D eigenvalue weighted by Gasteiger charge is -2.40. The molecule has 0 spiro atoms. The number of para-hydroxylation sites is 2. The van der Waals surface area contributed by atoms with E-state index in [4.69, 9.17) is 9.47 Å². The number of fused-ring (bicyclic) bond motifs is 2. The first kappa shape index (κ1) is 13.6. The molecule has 0 saturated heterocycles. The Balaban J connectivity index is 1.64. The molecule has 114 valence electrons. The van der Waals surface area contributed by atoms with Crippen molar-refractivity contribution in [1.82, 2.24) is 0 Å². The molecule has 4 heteroatoms. The second-order valence-electron chi connectivity index (χ2n) is 5.92. The highest BCUT2D eigenvalue weighted by Crippen LogP contribution is 2.45. The summed E-state index contributed by atoms with van der Waals surface area (Å²) in [7, 11) is 0. The number of ether oxygens (including phenoxy) is 2. The molecule has 2 aromatic rings. The summed E-state index contributed by atoms with van der Waals surface area (Å²) in [6.07, 6.45) is -1.31. The van der Waals surface area contributed by atoms with Crippen molar-refractivity contribution >= 4 is 0 Å². The molecule has 4 rings (SSSR count). The van der Waals surface area contributed by atoms with Crippen molar-refractivity contribution in [2.24, 2.45) is 11.8 Å². The second-order valence-corrected chi connectivity index (χ2v) is 5.92. The van der Waals surface area contributed by atoms with Gasteiger partial charge in [-0.05, 0) is 12.1 Å². The highest BCUT2D eigenvalue weighted by molar-refractivity contribution is 5.39. The zero-order chi connectivity index (χ0) is 15.1. The van der Waals surface area contributed by atoms with Crippen LogP contribution in [0, 0.1) is 11.8 Å². The predicted octanol–water partition coefficient (Wildman–Crippen LogP) is 2.47. The maximum Gasteiger partial charge on any atom is 0.125 e. The van der Waals surface area contributed by atoms with Gasteiger partial charge in [-0.1, -0.05) is 36.4 Å². The van der Waals surface area contributed by atoms with Gasteiger partial charge in [0.25, 0.3) is 0 Å². The minimum Gasteiger partial charge on any atom is -0.493 e. The topological polar surface area (TPSA) is 58.9 Å². The number of hydrogen-bond donors (Lipinski definition) is 2. The van der Waals surface area contributed by atoms with Crippen molar-refractivity contribution in [3.63, 3.8) is 0 Å². The minimum absolute atomic E-state index is 0.196. The summed E-state index contributed by atoms with van der Waals surface area (Å²) in [6.45, 7) is 0.761. The second kappa shape index (κ2) is 5.30. The van der Waals surface area contributed by atoms with Crippen LogP contribution in [0.4, 0.5) is 0 Å². The molecule has 2 aliphatic rings. The number of aliphatic hydroxyl groups is 2. The van der Waals surface area contributed by atoms with Crippen LogP contribution in [0.3, 0.4) is 0 Å². The van der Waals surface area contributed by atoms with Gasteiger partial charge < -0.3 is 19.7 Å². The van der Waals surface area contributed by atoms with Crippen molar-refractivity contribution in [3.05, 3.63) is 59.7 Å². The lowest BCUT2D eigenvalue weighted by Crippen LogP contribution is -2.40. The van der Waals surface area contributed by atoms with Crippen molar-refractivity contribution in [3.8, 4) is 11.5 Å². The van der Waals surface area contributed by atoms with Gasteiger partial charge in [-0.2, -0.15) is 0 Å². The smallest absolute Gasteiger partial charge is 0.125 e. The molecule has 0 fully saturated rings. The highest BCUT2D eigenvalue weighted by Gasteiger charge is 2.41. The molecule has 0 bridgehead atoms. The first-order valence-corrected chi connectivity index (χ1v) is 7.55. The summed E-state index contributed by atoms with van der Waals surface area (Å²) in [5.41, 5.74) is 1.56. The van der Waals surface area contributed by atoms with Crippen molar-refractivity contribution in [2.75, 3.05) is 13.2 Å². The van der Waals surface area contributed by atoms with Gasteiger partial charge >= 0.3 is 0 Å². The van der Waals surface area contributed by atoms with Crippen LogP contribution >= 0.6 is 0 Å². The predicted molar refractivity (Wildman–Crippen MR) is 80.8 cm³/mol. The lowest BCUT2D eigenvalue weighted by atomic mass is 9.77. The Labute approximate surface area is 128 Å². The van der Waals surface area contributed by atoms with Crippen LogP contribution in [0.1, 0.15) is 23.3 Å². The van der Waals surface area contributed by atoms with Crippen LogP contribution in [0.2, 0.25) is 0 Å². The molecule has 2 N–H and O–H groups in total. The Kier molecular flexibility index (Phi) is 3.28. The van der Waals surface area contributed by atoms with E-state index in [2.05, 4.69) is 0 Å². The van der Waals surface area contributed by atoms with E-state index in [1.807, 2.05) is 48.5 Å². The van der Waals surface area contributed by atoms with Crippen LogP contribution in [0.25, 0.3) is 0 Å². The average Bonchev–Trinajstić information content (AvgIpc) is 2.57. The Morgan fingerprint density at radius 2 is 1.09 bits per heavy atom. The average molecular weight is 298 g/mol. The van der Waals surface area contributed by atoms with Gasteiger partial charge in [-0.15, -0.1) is 0 Å².